The standard InChI is InChI=1S/C16H23N3O2S/c1-3-19(4-2)16-17-10-13(22-16)11-18-7-9-21-15(12-18)14-6-5-8-20-14/h5-6,8,10,15H,3-4,7,9,11-12H2,1-2H3. The summed E-state index contributed by atoms with van der Waals surface area (Å²) in [4.78, 5) is 10.6. The molecule has 1 atom stereocenters. The molecule has 2 aromatic heterocycles. The predicted octanol–water partition coefficient (Wildman–Crippen LogP) is 3.16. The molecule has 3 rings (SSSR count). The summed E-state index contributed by atoms with van der Waals surface area (Å²) >= 11 is 1.79. The number of hydrogen-bond acceptors (Lipinski definition) is 6. The first-order valence-corrected chi connectivity index (χ1v) is 8.68. The Morgan fingerprint density at radius 2 is 2.27 bits per heavy atom. The molecule has 22 heavy (non-hydrogen) atoms. The quantitative estimate of drug-likeness (QED) is 0.817. The molecule has 6 heteroatoms. The van der Waals surface area contributed by atoms with Gasteiger partial charge in [-0.2, -0.15) is 0 Å². The zero-order valence-corrected chi connectivity index (χ0v) is 14.0. The van der Waals surface area contributed by atoms with Gasteiger partial charge >= 0.3 is 0 Å². The second-order valence-corrected chi connectivity index (χ2v) is 6.49. The minimum Gasteiger partial charge on any atom is -0.467 e. The van der Waals surface area contributed by atoms with Crippen LogP contribution in [0.2, 0.25) is 0 Å². The van der Waals surface area contributed by atoms with E-state index in [1.165, 1.54) is 4.88 Å². The summed E-state index contributed by atoms with van der Waals surface area (Å²) in [5, 5.41) is 1.12. The van der Waals surface area contributed by atoms with E-state index >= 15 is 0 Å². The molecule has 0 radical (unpaired) electrons. The fourth-order valence-corrected chi connectivity index (χ4v) is 3.80. The largest absolute Gasteiger partial charge is 0.467 e. The Kier molecular flexibility index (Phi) is 5.12. The maximum absolute atomic E-state index is 5.81. The van der Waals surface area contributed by atoms with E-state index in [0.717, 1.165) is 50.2 Å². The Morgan fingerprint density at radius 1 is 1.41 bits per heavy atom. The highest BCUT2D eigenvalue weighted by atomic mass is 32.1. The van der Waals surface area contributed by atoms with Gasteiger partial charge in [0.05, 0.1) is 12.9 Å². The number of morpholine rings is 1. The molecule has 1 saturated heterocycles. The van der Waals surface area contributed by atoms with E-state index in [9.17, 15) is 0 Å². The molecule has 1 fully saturated rings. The van der Waals surface area contributed by atoms with Crippen molar-refractivity contribution in [1.29, 1.82) is 0 Å². The topological polar surface area (TPSA) is 41.7 Å². The summed E-state index contributed by atoms with van der Waals surface area (Å²) in [7, 11) is 0. The monoisotopic (exact) mass is 321 g/mol. The van der Waals surface area contributed by atoms with E-state index in [2.05, 4.69) is 28.6 Å². The molecular weight excluding hydrogens is 298 g/mol. The average Bonchev–Trinajstić information content (AvgIpc) is 3.21. The molecule has 1 aliphatic rings. The van der Waals surface area contributed by atoms with E-state index in [-0.39, 0.29) is 6.10 Å². The number of hydrogen-bond donors (Lipinski definition) is 0. The second-order valence-electron chi connectivity index (χ2n) is 5.39. The molecule has 0 amide bonds. The number of thiazole rings is 1. The van der Waals surface area contributed by atoms with Gasteiger partial charge in [0.25, 0.3) is 0 Å². The molecule has 2 aromatic rings. The lowest BCUT2D eigenvalue weighted by atomic mass is 10.2. The number of nitrogens with zero attached hydrogens (tertiary/aromatic N) is 3. The lowest BCUT2D eigenvalue weighted by Crippen LogP contribution is -2.37. The molecule has 1 unspecified atom stereocenters. The van der Waals surface area contributed by atoms with E-state index in [1.807, 2.05) is 18.3 Å². The summed E-state index contributed by atoms with van der Waals surface area (Å²) < 4.78 is 11.3. The van der Waals surface area contributed by atoms with Gasteiger partial charge in [-0.15, -0.1) is 11.3 Å². The first kappa shape index (κ1) is 15.5. The van der Waals surface area contributed by atoms with Crippen molar-refractivity contribution in [3.63, 3.8) is 0 Å². The zero-order chi connectivity index (χ0) is 15.4. The third-order valence-corrected chi connectivity index (χ3v) is 5.01. The number of ether oxygens (including phenoxy) is 1. The SMILES string of the molecule is CCN(CC)c1ncc(CN2CCOC(c3ccco3)C2)s1. The van der Waals surface area contributed by atoms with Crippen molar-refractivity contribution in [3.05, 3.63) is 35.2 Å². The minimum atomic E-state index is 0.0407. The first-order valence-electron chi connectivity index (χ1n) is 7.87. The van der Waals surface area contributed by atoms with E-state index in [0.29, 0.717) is 0 Å². The van der Waals surface area contributed by atoms with E-state index < -0.39 is 0 Å². The number of furan rings is 1. The van der Waals surface area contributed by atoms with Gasteiger partial charge in [-0.25, -0.2) is 4.98 Å². The molecule has 3 heterocycles. The number of rotatable bonds is 6. The van der Waals surface area contributed by atoms with Crippen LogP contribution in [0.5, 0.6) is 0 Å². The summed E-state index contributed by atoms with van der Waals surface area (Å²) in [6.07, 6.45) is 3.76. The number of anilines is 1. The van der Waals surface area contributed by atoms with Gasteiger partial charge < -0.3 is 14.1 Å². The molecule has 0 spiro atoms. The van der Waals surface area contributed by atoms with Gasteiger partial charge in [0.2, 0.25) is 0 Å². The summed E-state index contributed by atoms with van der Waals surface area (Å²) in [5.74, 6) is 0.915. The van der Waals surface area contributed by atoms with Crippen LogP contribution in [-0.2, 0) is 11.3 Å². The van der Waals surface area contributed by atoms with Crippen LogP contribution in [0.1, 0.15) is 30.6 Å². The fraction of sp³-hybridized carbons (Fsp3) is 0.562. The first-order chi connectivity index (χ1) is 10.8. The van der Waals surface area contributed by atoms with E-state index in [4.69, 9.17) is 9.15 Å². The maximum atomic E-state index is 5.81. The van der Waals surface area contributed by atoms with Gasteiger partial charge in [0.1, 0.15) is 11.9 Å². The Morgan fingerprint density at radius 3 is 3.00 bits per heavy atom. The van der Waals surface area contributed by atoms with Crippen LogP contribution in [0.15, 0.2) is 29.0 Å². The number of aromatic nitrogens is 1. The molecule has 5 nitrogen and oxygen atoms in total. The Labute approximate surface area is 135 Å². The molecule has 0 aromatic carbocycles. The van der Waals surface area contributed by atoms with Gasteiger partial charge in [-0.1, -0.05) is 0 Å². The maximum Gasteiger partial charge on any atom is 0.185 e. The van der Waals surface area contributed by atoms with Crippen LogP contribution < -0.4 is 4.90 Å². The lowest BCUT2D eigenvalue weighted by Gasteiger charge is -2.31. The molecule has 1 aliphatic heterocycles. The minimum absolute atomic E-state index is 0.0407. The average molecular weight is 321 g/mol. The molecule has 120 valence electrons. The van der Waals surface area contributed by atoms with Crippen molar-refractivity contribution in [1.82, 2.24) is 9.88 Å². The summed E-state index contributed by atoms with van der Waals surface area (Å²) in [5.41, 5.74) is 0. The van der Waals surface area contributed by atoms with Crippen LogP contribution >= 0.6 is 11.3 Å². The smallest absolute Gasteiger partial charge is 0.185 e. The Bertz CT molecular complexity index is 566. The van der Waals surface area contributed by atoms with Crippen LogP contribution in [-0.4, -0.2) is 42.7 Å². The van der Waals surface area contributed by atoms with Gasteiger partial charge in [0, 0.05) is 43.8 Å². The van der Waals surface area contributed by atoms with Gasteiger partial charge in [-0.05, 0) is 26.0 Å². The van der Waals surface area contributed by atoms with Crippen LogP contribution in [0.3, 0.4) is 0 Å². The normalized spacial score (nSPS) is 19.5. The third-order valence-electron chi connectivity index (χ3n) is 3.97. The summed E-state index contributed by atoms with van der Waals surface area (Å²) in [6, 6.07) is 3.90. The van der Waals surface area contributed by atoms with Crippen molar-refractivity contribution >= 4 is 16.5 Å². The van der Waals surface area contributed by atoms with Crippen LogP contribution in [0.25, 0.3) is 0 Å². The third kappa shape index (κ3) is 3.51. The van der Waals surface area contributed by atoms with Crippen LogP contribution in [0.4, 0.5) is 5.13 Å². The van der Waals surface area contributed by atoms with Crippen LogP contribution in [0, 0.1) is 0 Å². The van der Waals surface area contributed by atoms with Crippen molar-refractivity contribution < 1.29 is 9.15 Å². The van der Waals surface area contributed by atoms with Gasteiger partial charge in [0.15, 0.2) is 5.13 Å². The lowest BCUT2D eigenvalue weighted by molar-refractivity contribution is -0.0425. The predicted molar refractivity (Wildman–Crippen MR) is 88.4 cm³/mol. The highest BCUT2D eigenvalue weighted by Gasteiger charge is 2.24. The van der Waals surface area contributed by atoms with Crippen molar-refractivity contribution in [3.8, 4) is 0 Å². The fourth-order valence-electron chi connectivity index (χ4n) is 2.72. The van der Waals surface area contributed by atoms with Crippen molar-refractivity contribution in [2.45, 2.75) is 26.5 Å². The highest BCUT2D eigenvalue weighted by molar-refractivity contribution is 7.15. The molecular formula is C16H23N3O2S. The molecule has 0 saturated carbocycles. The summed E-state index contributed by atoms with van der Waals surface area (Å²) in [6.45, 7) is 9.83. The Balaban J connectivity index is 1.61. The van der Waals surface area contributed by atoms with E-state index in [1.54, 1.807) is 17.6 Å². The molecule has 0 aliphatic carbocycles. The highest BCUT2D eigenvalue weighted by Crippen LogP contribution is 2.27. The zero-order valence-electron chi connectivity index (χ0n) is 13.2. The molecule has 0 N–H and O–H groups in total. The molecule has 0 bridgehead atoms. The Hall–Kier alpha value is -1.37. The van der Waals surface area contributed by atoms with Gasteiger partial charge in [-0.3, -0.25) is 4.90 Å². The van der Waals surface area contributed by atoms with Crippen molar-refractivity contribution in [2.24, 2.45) is 0 Å². The second kappa shape index (κ2) is 7.26. The van der Waals surface area contributed by atoms with Crippen molar-refractivity contribution in [2.75, 3.05) is 37.7 Å².